The molecule has 0 radical (unpaired) electrons. The Morgan fingerprint density at radius 3 is 2.84 bits per heavy atom. The Kier molecular flexibility index (Phi) is 3.84. The number of hydrogen-bond acceptors (Lipinski definition) is 3. The summed E-state index contributed by atoms with van der Waals surface area (Å²) in [6.45, 7) is 2.68. The average molecular weight is 257 g/mol. The number of carbonyl (C=O) groups excluding carboxylic acids is 1. The second-order valence-corrected chi connectivity index (χ2v) is 5.51. The van der Waals surface area contributed by atoms with Crippen LogP contribution in [0.1, 0.15) is 25.5 Å². The number of rotatable bonds is 4. The van der Waals surface area contributed by atoms with E-state index < -0.39 is 5.41 Å². The Hall–Kier alpha value is -1.89. The maximum Gasteiger partial charge on any atom is 0.242 e. The molecule has 1 saturated carbocycles. The van der Waals surface area contributed by atoms with Crippen LogP contribution in [0.3, 0.4) is 0 Å². The van der Waals surface area contributed by atoms with Gasteiger partial charge in [-0.25, -0.2) is 0 Å². The maximum atomic E-state index is 12.3. The van der Waals surface area contributed by atoms with Crippen molar-refractivity contribution in [3.63, 3.8) is 0 Å². The van der Waals surface area contributed by atoms with Crippen molar-refractivity contribution < 1.29 is 4.79 Å². The van der Waals surface area contributed by atoms with E-state index in [9.17, 15) is 10.1 Å². The number of aromatic nitrogens is 1. The number of carbonyl (C=O) groups is 1. The summed E-state index contributed by atoms with van der Waals surface area (Å²) in [6, 6.07) is 7.98. The van der Waals surface area contributed by atoms with Crippen molar-refractivity contribution >= 4 is 5.91 Å². The van der Waals surface area contributed by atoms with Crippen LogP contribution in [-0.4, -0.2) is 29.4 Å². The van der Waals surface area contributed by atoms with Crippen molar-refractivity contribution in [3.8, 4) is 6.07 Å². The molecular formula is C15H19N3O. The zero-order chi connectivity index (χ0) is 13.9. The standard InChI is InChI=1S/C15H19N3O/c1-12-9-15(10-12,11-16)14(19)18(2)8-6-13-5-3-4-7-17-13/h3-5,7,12H,6,8-10H2,1-2H3. The fraction of sp³-hybridized carbons (Fsp3) is 0.533. The van der Waals surface area contributed by atoms with Crippen molar-refractivity contribution in [1.82, 2.24) is 9.88 Å². The van der Waals surface area contributed by atoms with E-state index in [1.807, 2.05) is 18.2 Å². The first-order valence-corrected chi connectivity index (χ1v) is 6.64. The van der Waals surface area contributed by atoms with E-state index in [0.29, 0.717) is 25.3 Å². The first-order chi connectivity index (χ1) is 9.07. The van der Waals surface area contributed by atoms with Crippen LogP contribution in [0.25, 0.3) is 0 Å². The molecule has 0 aliphatic heterocycles. The second-order valence-electron chi connectivity index (χ2n) is 5.51. The van der Waals surface area contributed by atoms with Gasteiger partial charge >= 0.3 is 0 Å². The molecular weight excluding hydrogens is 238 g/mol. The fourth-order valence-corrected chi connectivity index (χ4v) is 2.74. The van der Waals surface area contributed by atoms with Gasteiger partial charge in [0.25, 0.3) is 0 Å². The highest BCUT2D eigenvalue weighted by Crippen LogP contribution is 2.46. The number of pyridine rings is 1. The average Bonchev–Trinajstić information content (AvgIpc) is 2.41. The number of nitrogens with zero attached hydrogens (tertiary/aromatic N) is 3. The molecule has 1 heterocycles. The quantitative estimate of drug-likeness (QED) is 0.829. The summed E-state index contributed by atoms with van der Waals surface area (Å²) in [4.78, 5) is 18.2. The van der Waals surface area contributed by atoms with Gasteiger partial charge in [0.1, 0.15) is 5.41 Å². The van der Waals surface area contributed by atoms with Crippen molar-refractivity contribution in [2.45, 2.75) is 26.2 Å². The van der Waals surface area contributed by atoms with Crippen molar-refractivity contribution in [2.24, 2.45) is 11.3 Å². The molecule has 4 heteroatoms. The molecule has 4 nitrogen and oxygen atoms in total. The van der Waals surface area contributed by atoms with Crippen molar-refractivity contribution in [2.75, 3.05) is 13.6 Å². The zero-order valence-corrected chi connectivity index (χ0v) is 11.5. The van der Waals surface area contributed by atoms with E-state index >= 15 is 0 Å². The lowest BCUT2D eigenvalue weighted by Crippen LogP contribution is -2.49. The van der Waals surface area contributed by atoms with Gasteiger partial charge < -0.3 is 4.90 Å². The molecule has 1 fully saturated rings. The van der Waals surface area contributed by atoms with Crippen LogP contribution in [0, 0.1) is 22.7 Å². The van der Waals surface area contributed by atoms with Gasteiger partial charge in [-0.05, 0) is 30.9 Å². The lowest BCUT2D eigenvalue weighted by atomic mass is 9.63. The zero-order valence-electron chi connectivity index (χ0n) is 11.5. The largest absolute Gasteiger partial charge is 0.344 e. The molecule has 0 N–H and O–H groups in total. The van der Waals surface area contributed by atoms with Crippen LogP contribution < -0.4 is 0 Å². The van der Waals surface area contributed by atoms with E-state index in [4.69, 9.17) is 0 Å². The molecule has 0 bridgehead atoms. The second kappa shape index (κ2) is 5.40. The smallest absolute Gasteiger partial charge is 0.242 e. The van der Waals surface area contributed by atoms with E-state index in [0.717, 1.165) is 12.1 Å². The van der Waals surface area contributed by atoms with Crippen LogP contribution in [-0.2, 0) is 11.2 Å². The molecule has 0 aromatic carbocycles. The molecule has 2 rings (SSSR count). The highest BCUT2D eigenvalue weighted by molar-refractivity contribution is 5.86. The molecule has 100 valence electrons. The van der Waals surface area contributed by atoms with Crippen LogP contribution in [0.5, 0.6) is 0 Å². The topological polar surface area (TPSA) is 57.0 Å². The summed E-state index contributed by atoms with van der Waals surface area (Å²) in [5.41, 5.74) is 0.202. The molecule has 0 spiro atoms. The first-order valence-electron chi connectivity index (χ1n) is 6.64. The molecule has 0 saturated heterocycles. The SMILES string of the molecule is CC1CC(C#N)(C(=O)N(C)CCc2ccccn2)C1. The van der Waals surface area contributed by atoms with E-state index in [1.54, 1.807) is 18.1 Å². The van der Waals surface area contributed by atoms with E-state index in [2.05, 4.69) is 18.0 Å². The third kappa shape index (κ3) is 2.76. The van der Waals surface area contributed by atoms with E-state index in [-0.39, 0.29) is 5.91 Å². The molecule has 0 atom stereocenters. The van der Waals surface area contributed by atoms with Crippen LogP contribution in [0.15, 0.2) is 24.4 Å². The number of nitriles is 1. The Labute approximate surface area is 114 Å². The normalized spacial score (nSPS) is 25.2. The Bertz CT molecular complexity index is 486. The summed E-state index contributed by atoms with van der Waals surface area (Å²) in [7, 11) is 1.77. The summed E-state index contributed by atoms with van der Waals surface area (Å²) >= 11 is 0. The molecule has 1 aromatic heterocycles. The van der Waals surface area contributed by atoms with E-state index in [1.165, 1.54) is 0 Å². The van der Waals surface area contributed by atoms with Crippen LogP contribution >= 0.6 is 0 Å². The predicted molar refractivity (Wildman–Crippen MR) is 72.0 cm³/mol. The predicted octanol–water partition coefficient (Wildman–Crippen LogP) is 2.02. The molecule has 1 aromatic rings. The molecule has 1 aliphatic rings. The van der Waals surface area contributed by atoms with Crippen LogP contribution in [0.2, 0.25) is 0 Å². The van der Waals surface area contributed by atoms with Gasteiger partial charge in [0.15, 0.2) is 0 Å². The van der Waals surface area contributed by atoms with Gasteiger partial charge in [-0.3, -0.25) is 9.78 Å². The number of likely N-dealkylation sites (N-methyl/N-ethyl adjacent to an activating group) is 1. The third-order valence-corrected chi connectivity index (χ3v) is 3.79. The number of hydrogen-bond donors (Lipinski definition) is 0. The van der Waals surface area contributed by atoms with Gasteiger partial charge in [0, 0.05) is 31.9 Å². The fourth-order valence-electron chi connectivity index (χ4n) is 2.74. The van der Waals surface area contributed by atoms with Crippen LogP contribution in [0.4, 0.5) is 0 Å². The molecule has 1 aliphatic carbocycles. The lowest BCUT2D eigenvalue weighted by Gasteiger charge is -2.41. The van der Waals surface area contributed by atoms with Gasteiger partial charge in [-0.15, -0.1) is 0 Å². The van der Waals surface area contributed by atoms with Crippen molar-refractivity contribution in [1.29, 1.82) is 5.26 Å². The third-order valence-electron chi connectivity index (χ3n) is 3.79. The maximum absolute atomic E-state index is 12.3. The van der Waals surface area contributed by atoms with Gasteiger partial charge in [0.05, 0.1) is 6.07 Å². The highest BCUT2D eigenvalue weighted by Gasteiger charge is 2.50. The monoisotopic (exact) mass is 257 g/mol. The Balaban J connectivity index is 1.92. The van der Waals surface area contributed by atoms with Gasteiger partial charge in [-0.1, -0.05) is 13.0 Å². The van der Waals surface area contributed by atoms with Gasteiger partial charge in [-0.2, -0.15) is 5.26 Å². The summed E-state index contributed by atoms with van der Waals surface area (Å²) in [6.07, 6.45) is 3.86. The lowest BCUT2D eigenvalue weighted by molar-refractivity contribution is -0.143. The molecule has 19 heavy (non-hydrogen) atoms. The minimum absolute atomic E-state index is 0.0379. The minimum Gasteiger partial charge on any atom is -0.344 e. The molecule has 0 unspecified atom stereocenters. The number of amides is 1. The Morgan fingerprint density at radius 2 is 2.32 bits per heavy atom. The van der Waals surface area contributed by atoms with Gasteiger partial charge in [0.2, 0.25) is 5.91 Å². The minimum atomic E-state index is -0.766. The molecule has 1 amide bonds. The highest BCUT2D eigenvalue weighted by atomic mass is 16.2. The first kappa shape index (κ1) is 13.5. The summed E-state index contributed by atoms with van der Waals surface area (Å²) in [5, 5.41) is 9.25. The Morgan fingerprint density at radius 1 is 1.58 bits per heavy atom. The summed E-state index contributed by atoms with van der Waals surface area (Å²) in [5.74, 6) is 0.442. The summed E-state index contributed by atoms with van der Waals surface area (Å²) < 4.78 is 0. The van der Waals surface area contributed by atoms with Crippen molar-refractivity contribution in [3.05, 3.63) is 30.1 Å².